The number of rotatable bonds is 3. The summed E-state index contributed by atoms with van der Waals surface area (Å²) in [6.45, 7) is 3.84. The van der Waals surface area contributed by atoms with Crippen molar-refractivity contribution in [2.24, 2.45) is 0 Å². The molecule has 2 aliphatic rings. The Balaban J connectivity index is 1.47. The van der Waals surface area contributed by atoms with E-state index in [9.17, 15) is 4.79 Å². The molecule has 0 saturated carbocycles. The van der Waals surface area contributed by atoms with Gasteiger partial charge >= 0.3 is 0 Å². The van der Waals surface area contributed by atoms with Gasteiger partial charge in [-0.1, -0.05) is 6.92 Å². The van der Waals surface area contributed by atoms with Crippen molar-refractivity contribution < 1.29 is 14.3 Å². The molecule has 1 aromatic heterocycles. The van der Waals surface area contributed by atoms with E-state index in [0.29, 0.717) is 30.3 Å². The minimum atomic E-state index is -0.0912. The predicted molar refractivity (Wildman–Crippen MR) is 86.4 cm³/mol. The quantitative estimate of drug-likeness (QED) is 0.920. The van der Waals surface area contributed by atoms with Crippen LogP contribution in [-0.2, 0) is 19.4 Å². The monoisotopic (exact) mass is 328 g/mol. The van der Waals surface area contributed by atoms with Gasteiger partial charge in [-0.15, -0.1) is 10.2 Å². The molecule has 3 heterocycles. The zero-order valence-corrected chi connectivity index (χ0v) is 13.6. The second kappa shape index (κ2) is 6.14. The van der Waals surface area contributed by atoms with E-state index in [1.54, 1.807) is 18.2 Å². The van der Waals surface area contributed by atoms with Gasteiger partial charge in [-0.25, -0.2) is 0 Å². The maximum atomic E-state index is 12.6. The highest BCUT2D eigenvalue weighted by molar-refractivity contribution is 5.95. The molecule has 2 aliphatic heterocycles. The zero-order chi connectivity index (χ0) is 16.5. The smallest absolute Gasteiger partial charge is 0.251 e. The fourth-order valence-corrected chi connectivity index (χ4v) is 3.22. The average Bonchev–Trinajstić information content (AvgIpc) is 3.03. The van der Waals surface area contributed by atoms with Crippen LogP contribution in [-0.4, -0.2) is 39.9 Å². The Morgan fingerprint density at radius 1 is 1.29 bits per heavy atom. The lowest BCUT2D eigenvalue weighted by Gasteiger charge is -2.25. The molecule has 0 bridgehead atoms. The molecule has 1 atom stereocenters. The molecule has 1 aromatic carbocycles. The van der Waals surface area contributed by atoms with Crippen LogP contribution in [0.3, 0.4) is 0 Å². The number of benzene rings is 1. The molecule has 0 radical (unpaired) electrons. The van der Waals surface area contributed by atoms with Crippen LogP contribution in [0.1, 0.15) is 35.4 Å². The van der Waals surface area contributed by atoms with Gasteiger partial charge in [-0.2, -0.15) is 0 Å². The third kappa shape index (κ3) is 2.70. The number of aromatic nitrogens is 3. The van der Waals surface area contributed by atoms with Gasteiger partial charge < -0.3 is 19.4 Å². The second-order valence-corrected chi connectivity index (χ2v) is 6.06. The lowest BCUT2D eigenvalue weighted by molar-refractivity contribution is 0.0926. The van der Waals surface area contributed by atoms with E-state index in [1.165, 1.54) is 0 Å². The van der Waals surface area contributed by atoms with Crippen molar-refractivity contribution in [1.82, 2.24) is 20.1 Å². The van der Waals surface area contributed by atoms with E-state index in [4.69, 9.17) is 9.47 Å². The Hall–Kier alpha value is -2.57. The SMILES string of the molecule is CCc1nnc2n1C[C@H](NC(=O)c1ccc3c(c1)OCCO3)CC2. The number of nitrogens with one attached hydrogen (secondary N) is 1. The first-order valence-corrected chi connectivity index (χ1v) is 8.36. The van der Waals surface area contributed by atoms with Crippen LogP contribution in [0.5, 0.6) is 11.5 Å². The van der Waals surface area contributed by atoms with E-state index in [0.717, 1.165) is 37.5 Å². The number of carbonyl (C=O) groups is 1. The molecule has 7 heteroatoms. The molecule has 7 nitrogen and oxygen atoms in total. The van der Waals surface area contributed by atoms with Crippen LogP contribution in [0.25, 0.3) is 0 Å². The van der Waals surface area contributed by atoms with E-state index in [-0.39, 0.29) is 11.9 Å². The summed E-state index contributed by atoms with van der Waals surface area (Å²) in [5.74, 6) is 3.22. The number of ether oxygens (including phenoxy) is 2. The molecule has 126 valence electrons. The highest BCUT2D eigenvalue weighted by atomic mass is 16.6. The summed E-state index contributed by atoms with van der Waals surface area (Å²) < 4.78 is 13.2. The normalized spacial score (nSPS) is 18.8. The van der Waals surface area contributed by atoms with Crippen LogP contribution in [0.15, 0.2) is 18.2 Å². The lowest BCUT2D eigenvalue weighted by atomic mass is 10.1. The summed E-state index contributed by atoms with van der Waals surface area (Å²) >= 11 is 0. The summed E-state index contributed by atoms with van der Waals surface area (Å²) in [7, 11) is 0. The van der Waals surface area contributed by atoms with Crippen LogP contribution in [0, 0.1) is 0 Å². The fourth-order valence-electron chi connectivity index (χ4n) is 3.22. The van der Waals surface area contributed by atoms with Crippen molar-refractivity contribution in [3.05, 3.63) is 35.4 Å². The molecule has 0 saturated heterocycles. The number of hydrogen-bond acceptors (Lipinski definition) is 5. The number of carbonyl (C=O) groups excluding carboxylic acids is 1. The van der Waals surface area contributed by atoms with Gasteiger partial charge in [0.2, 0.25) is 0 Å². The molecule has 0 fully saturated rings. The number of nitrogens with zero attached hydrogens (tertiary/aromatic N) is 3. The molecular weight excluding hydrogens is 308 g/mol. The summed E-state index contributed by atoms with van der Waals surface area (Å²) in [4.78, 5) is 12.6. The Kier molecular flexibility index (Phi) is 3.84. The molecule has 1 amide bonds. The Morgan fingerprint density at radius 2 is 2.12 bits per heavy atom. The minimum absolute atomic E-state index is 0.0829. The van der Waals surface area contributed by atoms with Crippen molar-refractivity contribution in [2.45, 2.75) is 38.8 Å². The second-order valence-electron chi connectivity index (χ2n) is 6.06. The van der Waals surface area contributed by atoms with Crippen molar-refractivity contribution >= 4 is 5.91 Å². The minimum Gasteiger partial charge on any atom is -0.486 e. The van der Waals surface area contributed by atoms with Gasteiger partial charge in [0, 0.05) is 31.0 Å². The summed E-state index contributed by atoms with van der Waals surface area (Å²) in [6, 6.07) is 5.39. The zero-order valence-electron chi connectivity index (χ0n) is 13.6. The Bertz CT molecular complexity index is 758. The largest absolute Gasteiger partial charge is 0.486 e. The Morgan fingerprint density at radius 3 is 2.96 bits per heavy atom. The molecule has 0 aliphatic carbocycles. The van der Waals surface area contributed by atoms with Gasteiger partial charge in [-0.3, -0.25) is 4.79 Å². The van der Waals surface area contributed by atoms with Crippen LogP contribution in [0.2, 0.25) is 0 Å². The number of amides is 1. The molecule has 0 unspecified atom stereocenters. The first-order valence-electron chi connectivity index (χ1n) is 8.36. The van der Waals surface area contributed by atoms with Gasteiger partial charge in [0.05, 0.1) is 0 Å². The first-order chi connectivity index (χ1) is 11.7. The molecule has 0 spiro atoms. The predicted octanol–water partition coefficient (Wildman–Crippen LogP) is 1.36. The standard InChI is InChI=1S/C17H20N4O3/c1-2-15-19-20-16-6-4-12(10-21(15)16)18-17(22)11-3-5-13-14(9-11)24-8-7-23-13/h3,5,9,12H,2,4,6-8,10H2,1H3,(H,18,22)/t12-/m1/s1. The highest BCUT2D eigenvalue weighted by Crippen LogP contribution is 2.30. The van der Waals surface area contributed by atoms with E-state index in [2.05, 4.69) is 27.0 Å². The van der Waals surface area contributed by atoms with Crippen molar-refractivity contribution in [3.8, 4) is 11.5 Å². The summed E-state index contributed by atoms with van der Waals surface area (Å²) in [5, 5.41) is 11.5. The molecular formula is C17H20N4O3. The topological polar surface area (TPSA) is 78.3 Å². The molecule has 2 aromatic rings. The lowest BCUT2D eigenvalue weighted by Crippen LogP contribution is -2.41. The average molecular weight is 328 g/mol. The third-order valence-electron chi connectivity index (χ3n) is 4.48. The van der Waals surface area contributed by atoms with Crippen molar-refractivity contribution in [3.63, 3.8) is 0 Å². The molecule has 24 heavy (non-hydrogen) atoms. The third-order valence-corrected chi connectivity index (χ3v) is 4.48. The van der Waals surface area contributed by atoms with E-state index in [1.807, 2.05) is 0 Å². The number of hydrogen-bond donors (Lipinski definition) is 1. The summed E-state index contributed by atoms with van der Waals surface area (Å²) in [5.41, 5.74) is 0.588. The fraction of sp³-hybridized carbons (Fsp3) is 0.471. The first kappa shape index (κ1) is 15.0. The van der Waals surface area contributed by atoms with Gasteiger partial charge in [0.15, 0.2) is 11.5 Å². The van der Waals surface area contributed by atoms with Crippen LogP contribution in [0.4, 0.5) is 0 Å². The van der Waals surface area contributed by atoms with Gasteiger partial charge in [-0.05, 0) is 24.6 Å². The molecule has 1 N–H and O–H groups in total. The van der Waals surface area contributed by atoms with Crippen molar-refractivity contribution in [2.75, 3.05) is 13.2 Å². The summed E-state index contributed by atoms with van der Waals surface area (Å²) in [6.07, 6.45) is 2.55. The van der Waals surface area contributed by atoms with Crippen molar-refractivity contribution in [1.29, 1.82) is 0 Å². The van der Waals surface area contributed by atoms with E-state index < -0.39 is 0 Å². The van der Waals surface area contributed by atoms with Crippen LogP contribution >= 0.6 is 0 Å². The van der Waals surface area contributed by atoms with Gasteiger partial charge in [0.25, 0.3) is 5.91 Å². The Labute approximate surface area is 140 Å². The van der Waals surface area contributed by atoms with Crippen LogP contribution < -0.4 is 14.8 Å². The van der Waals surface area contributed by atoms with E-state index >= 15 is 0 Å². The maximum Gasteiger partial charge on any atom is 0.251 e. The molecule has 4 rings (SSSR count). The number of fused-ring (bicyclic) bond motifs is 2. The highest BCUT2D eigenvalue weighted by Gasteiger charge is 2.24. The number of aryl methyl sites for hydroxylation is 2. The maximum absolute atomic E-state index is 12.6. The van der Waals surface area contributed by atoms with Gasteiger partial charge in [0.1, 0.15) is 24.9 Å².